The Morgan fingerprint density at radius 2 is 1.38 bits per heavy atom. The van der Waals surface area contributed by atoms with E-state index in [0.29, 0.717) is 0 Å². The van der Waals surface area contributed by atoms with Gasteiger partial charge in [0.25, 0.3) is 0 Å². The van der Waals surface area contributed by atoms with Crippen LogP contribution in [0.15, 0.2) is 179 Å². The van der Waals surface area contributed by atoms with Crippen molar-refractivity contribution in [1.82, 2.24) is 4.98 Å². The minimum Gasteiger partial charge on any atom is -0.310 e. The van der Waals surface area contributed by atoms with E-state index >= 15 is 0 Å². The lowest BCUT2D eigenvalue weighted by Gasteiger charge is -2.31. The number of anilines is 1. The first-order valence-corrected chi connectivity index (χ1v) is 18.4. The number of allylic oxidation sites excluding steroid dienone is 7. The molecule has 2 nitrogen and oxygen atoms in total. The zero-order valence-corrected chi connectivity index (χ0v) is 28.5. The fraction of sp³-hybridized carbons (Fsp3) is 0.0851. The Labute approximate surface area is 296 Å². The summed E-state index contributed by atoms with van der Waals surface area (Å²) in [6.07, 6.45) is 24.6. The lowest BCUT2D eigenvalue weighted by molar-refractivity contribution is 0.932. The van der Waals surface area contributed by atoms with Crippen LogP contribution >= 0.6 is 11.8 Å². The second-order valence-electron chi connectivity index (χ2n) is 13.3. The summed E-state index contributed by atoms with van der Waals surface area (Å²) in [6, 6.07) is 38.1. The third-order valence-corrected chi connectivity index (χ3v) is 11.5. The maximum absolute atomic E-state index is 4.72. The molecule has 0 radical (unpaired) electrons. The van der Waals surface area contributed by atoms with Gasteiger partial charge in [-0.05, 0) is 122 Å². The van der Waals surface area contributed by atoms with Gasteiger partial charge in [0.2, 0.25) is 0 Å². The van der Waals surface area contributed by atoms with Crippen LogP contribution in [-0.2, 0) is 0 Å². The number of nitrogens with zero attached hydrogens (tertiary/aromatic N) is 2. The lowest BCUT2D eigenvalue weighted by atomic mass is 9.88. The van der Waals surface area contributed by atoms with E-state index in [-0.39, 0.29) is 0 Å². The highest BCUT2D eigenvalue weighted by molar-refractivity contribution is 7.99. The minimum absolute atomic E-state index is 1.07. The van der Waals surface area contributed by atoms with Crippen molar-refractivity contribution in [2.75, 3.05) is 4.90 Å². The van der Waals surface area contributed by atoms with Gasteiger partial charge >= 0.3 is 0 Å². The molecule has 0 bridgehead atoms. The molecule has 0 spiro atoms. The first-order chi connectivity index (χ1) is 24.8. The molecule has 1 aromatic heterocycles. The largest absolute Gasteiger partial charge is 0.310 e. The third kappa shape index (κ3) is 4.76. The van der Waals surface area contributed by atoms with Crippen LogP contribution in [0.3, 0.4) is 0 Å². The summed E-state index contributed by atoms with van der Waals surface area (Å²) in [5.41, 5.74) is 8.92. The van der Waals surface area contributed by atoms with Gasteiger partial charge in [0, 0.05) is 39.0 Å². The fourth-order valence-electron chi connectivity index (χ4n) is 8.10. The maximum atomic E-state index is 4.72. The van der Waals surface area contributed by atoms with E-state index in [1.165, 1.54) is 92.2 Å². The van der Waals surface area contributed by atoms with Gasteiger partial charge in [-0.1, -0.05) is 121 Å². The molecule has 0 fully saturated rings. The van der Waals surface area contributed by atoms with Crippen LogP contribution in [0.1, 0.15) is 31.2 Å². The van der Waals surface area contributed by atoms with Gasteiger partial charge in [0.05, 0.1) is 5.69 Å². The van der Waals surface area contributed by atoms with Gasteiger partial charge in [-0.15, -0.1) is 0 Å². The van der Waals surface area contributed by atoms with Crippen molar-refractivity contribution < 1.29 is 0 Å². The molecule has 10 rings (SSSR count). The normalized spacial score (nSPS) is 15.5. The Balaban J connectivity index is 1.18. The van der Waals surface area contributed by atoms with Crippen LogP contribution in [0.5, 0.6) is 0 Å². The van der Waals surface area contributed by atoms with Gasteiger partial charge in [-0.25, -0.2) is 0 Å². The number of rotatable bonds is 4. The molecule has 2 aliphatic carbocycles. The molecule has 50 heavy (non-hydrogen) atoms. The first-order valence-electron chi connectivity index (χ1n) is 17.6. The summed E-state index contributed by atoms with van der Waals surface area (Å²) in [5, 5.41) is 9.97. The van der Waals surface area contributed by atoms with Crippen LogP contribution in [0.2, 0.25) is 0 Å². The molecule has 3 heteroatoms. The van der Waals surface area contributed by atoms with E-state index in [0.717, 1.165) is 25.7 Å². The highest BCUT2D eigenvalue weighted by Crippen LogP contribution is 2.48. The van der Waals surface area contributed by atoms with Crippen molar-refractivity contribution in [2.45, 2.75) is 35.5 Å². The van der Waals surface area contributed by atoms with Gasteiger partial charge in [-0.3, -0.25) is 4.98 Å². The minimum atomic E-state index is 1.07. The summed E-state index contributed by atoms with van der Waals surface area (Å²) in [5.74, 6) is 0. The SMILES string of the molecule is C1=CC(N2C3=C(C=Cc4ccc(Sc5c6ccccc6c(-c6cc7ccccc7c7ccccc67)c6cnccc56)cc42)CCC=C3)=CCC1. The Morgan fingerprint density at radius 3 is 2.26 bits per heavy atom. The van der Waals surface area contributed by atoms with Crippen molar-refractivity contribution >= 4 is 66.6 Å². The molecule has 238 valence electrons. The molecule has 2 heterocycles. The number of fused-ring (bicyclic) bond motifs is 6. The molecule has 0 unspecified atom stereocenters. The van der Waals surface area contributed by atoms with Crippen LogP contribution in [-0.4, -0.2) is 4.98 Å². The first kappa shape index (κ1) is 29.3. The second kappa shape index (κ2) is 12.0. The average Bonchev–Trinajstić information content (AvgIpc) is 3.35. The van der Waals surface area contributed by atoms with Gasteiger partial charge < -0.3 is 4.90 Å². The number of benzene rings is 6. The van der Waals surface area contributed by atoms with E-state index in [1.54, 1.807) is 0 Å². The average molecular weight is 659 g/mol. The maximum Gasteiger partial charge on any atom is 0.0545 e. The molecule has 1 aliphatic heterocycles. The molecule has 3 aliphatic rings. The number of pyridine rings is 1. The van der Waals surface area contributed by atoms with Crippen LogP contribution in [0.4, 0.5) is 5.69 Å². The monoisotopic (exact) mass is 658 g/mol. The summed E-state index contributed by atoms with van der Waals surface area (Å²) >= 11 is 1.86. The Kier molecular flexibility index (Phi) is 7.06. The molecule has 0 N–H and O–H groups in total. The van der Waals surface area contributed by atoms with Crippen molar-refractivity contribution in [3.05, 3.63) is 175 Å². The molecule has 0 saturated carbocycles. The number of aromatic nitrogens is 1. The predicted octanol–water partition coefficient (Wildman–Crippen LogP) is 13.2. The van der Waals surface area contributed by atoms with Gasteiger partial charge in [0.15, 0.2) is 0 Å². The topological polar surface area (TPSA) is 16.1 Å². The quantitative estimate of drug-likeness (QED) is 0.138. The Hall–Kier alpha value is -5.64. The van der Waals surface area contributed by atoms with Gasteiger partial charge in [-0.2, -0.15) is 0 Å². The standard InChI is InChI=1S/C47H34N2S/c1-2-14-34(15-3-1)49-44-21-11-5-12-31(44)22-23-32-24-25-35(29-45(32)49)50-47-40-20-10-9-19-39(40)46(43-30-48-27-26-41(43)47)42-28-33-13-4-6-16-36(33)37-17-7-8-18-38(37)42/h2,4,6-11,13-30H,1,3,5,12H2. The molecule has 0 amide bonds. The van der Waals surface area contributed by atoms with E-state index in [1.807, 2.05) is 18.0 Å². The smallest absolute Gasteiger partial charge is 0.0545 e. The summed E-state index contributed by atoms with van der Waals surface area (Å²) in [4.78, 5) is 9.69. The zero-order chi connectivity index (χ0) is 33.0. The number of hydrogen-bond donors (Lipinski definition) is 0. The highest BCUT2D eigenvalue weighted by Gasteiger charge is 2.25. The van der Waals surface area contributed by atoms with Crippen LogP contribution in [0.25, 0.3) is 60.3 Å². The van der Waals surface area contributed by atoms with E-state index in [4.69, 9.17) is 4.98 Å². The second-order valence-corrected chi connectivity index (χ2v) is 14.4. The summed E-state index contributed by atoms with van der Waals surface area (Å²) in [6.45, 7) is 0. The van der Waals surface area contributed by atoms with Gasteiger partial charge in [0.1, 0.15) is 0 Å². The third-order valence-electron chi connectivity index (χ3n) is 10.4. The highest BCUT2D eigenvalue weighted by atomic mass is 32.2. The van der Waals surface area contributed by atoms with Crippen LogP contribution in [0, 0.1) is 0 Å². The Morgan fingerprint density at radius 1 is 0.600 bits per heavy atom. The molecule has 0 atom stereocenters. The van der Waals surface area contributed by atoms with Crippen molar-refractivity contribution in [3.63, 3.8) is 0 Å². The molecule has 6 aromatic carbocycles. The summed E-state index contributed by atoms with van der Waals surface area (Å²) in [7, 11) is 0. The molecular formula is C47H34N2S. The fourth-order valence-corrected chi connectivity index (χ4v) is 9.22. The van der Waals surface area contributed by atoms with E-state index in [2.05, 4.69) is 157 Å². The van der Waals surface area contributed by atoms with Crippen molar-refractivity contribution in [2.24, 2.45) is 0 Å². The Bertz CT molecular complexity index is 2630. The molecule has 7 aromatic rings. The summed E-state index contributed by atoms with van der Waals surface area (Å²) < 4.78 is 0. The van der Waals surface area contributed by atoms with Crippen molar-refractivity contribution in [3.8, 4) is 11.1 Å². The van der Waals surface area contributed by atoms with Crippen LogP contribution < -0.4 is 4.90 Å². The number of hydrogen-bond acceptors (Lipinski definition) is 3. The predicted molar refractivity (Wildman–Crippen MR) is 214 cm³/mol. The lowest BCUT2D eigenvalue weighted by Crippen LogP contribution is -2.23. The molecule has 0 saturated heterocycles. The van der Waals surface area contributed by atoms with E-state index < -0.39 is 0 Å². The zero-order valence-electron chi connectivity index (χ0n) is 27.6. The molecular weight excluding hydrogens is 625 g/mol. The van der Waals surface area contributed by atoms with E-state index in [9.17, 15) is 0 Å². The van der Waals surface area contributed by atoms with Crippen molar-refractivity contribution in [1.29, 1.82) is 0 Å².